The molecule has 0 radical (unpaired) electrons. The number of rotatable bonds is 6. The van der Waals surface area contributed by atoms with Gasteiger partial charge in [0, 0.05) is 11.6 Å². The van der Waals surface area contributed by atoms with Gasteiger partial charge in [0.15, 0.2) is 0 Å². The monoisotopic (exact) mass is 353 g/mol. The Bertz CT molecular complexity index is 968. The van der Waals surface area contributed by atoms with Gasteiger partial charge in [-0.25, -0.2) is 4.98 Å². The molecule has 1 heterocycles. The van der Waals surface area contributed by atoms with Crippen LogP contribution in [0.4, 0.5) is 0 Å². The second kappa shape index (κ2) is 7.58. The number of H-pyrrole nitrogens is 1. The molecule has 0 bridgehead atoms. The number of hydrogen-bond donors (Lipinski definition) is 2. The molecule has 0 saturated heterocycles. The third-order valence-electron chi connectivity index (χ3n) is 4.44. The Labute approximate surface area is 152 Å². The average Bonchev–Trinajstić information content (AvgIpc) is 2.67. The molecule has 1 aromatic heterocycles. The highest BCUT2D eigenvalue weighted by molar-refractivity contribution is 5.77. The van der Waals surface area contributed by atoms with E-state index >= 15 is 0 Å². The average molecular weight is 353 g/mol. The van der Waals surface area contributed by atoms with Gasteiger partial charge >= 0.3 is 0 Å². The summed E-state index contributed by atoms with van der Waals surface area (Å²) >= 11 is 0. The van der Waals surface area contributed by atoms with Gasteiger partial charge in [0.1, 0.15) is 17.3 Å². The standard InChI is InChI=1S/C20H23N3O3/c1-12(16-11-14(25-3)9-10-18(16)26-4)21-13(2)19-22-17-8-6-5-7-15(17)20(24)23-19/h5-13,21H,1-4H3,(H,22,23,24)/t12-,13+/m0/s1. The molecule has 0 aliphatic rings. The molecule has 136 valence electrons. The minimum atomic E-state index is -0.154. The molecule has 0 fully saturated rings. The Morgan fingerprint density at radius 3 is 2.54 bits per heavy atom. The lowest BCUT2D eigenvalue weighted by Gasteiger charge is -2.22. The van der Waals surface area contributed by atoms with E-state index in [-0.39, 0.29) is 17.6 Å². The summed E-state index contributed by atoms with van der Waals surface area (Å²) in [6.45, 7) is 4.00. The molecule has 6 nitrogen and oxygen atoms in total. The molecule has 0 unspecified atom stereocenters. The summed E-state index contributed by atoms with van der Waals surface area (Å²) in [5.41, 5.74) is 1.53. The van der Waals surface area contributed by atoms with E-state index < -0.39 is 0 Å². The Hall–Kier alpha value is -2.86. The van der Waals surface area contributed by atoms with Gasteiger partial charge in [-0.3, -0.25) is 4.79 Å². The number of methoxy groups -OCH3 is 2. The molecular weight excluding hydrogens is 330 g/mol. The first kappa shape index (κ1) is 17.9. The Kier molecular flexibility index (Phi) is 5.23. The van der Waals surface area contributed by atoms with Gasteiger partial charge < -0.3 is 19.8 Å². The third kappa shape index (κ3) is 3.55. The predicted molar refractivity (Wildman–Crippen MR) is 102 cm³/mol. The largest absolute Gasteiger partial charge is 0.497 e. The lowest BCUT2D eigenvalue weighted by Crippen LogP contribution is -2.26. The molecule has 26 heavy (non-hydrogen) atoms. The fourth-order valence-electron chi connectivity index (χ4n) is 3.03. The predicted octanol–water partition coefficient (Wildman–Crippen LogP) is 3.35. The summed E-state index contributed by atoms with van der Waals surface area (Å²) in [7, 11) is 3.28. The smallest absolute Gasteiger partial charge is 0.258 e. The SMILES string of the molecule is COc1ccc(OC)c([C@H](C)N[C@H](C)c2nc3ccccc3c(=O)[nH]2)c1. The molecule has 0 spiro atoms. The van der Waals surface area contributed by atoms with Crippen LogP contribution in [0.15, 0.2) is 47.3 Å². The van der Waals surface area contributed by atoms with E-state index in [4.69, 9.17) is 9.47 Å². The van der Waals surface area contributed by atoms with Crippen molar-refractivity contribution in [3.05, 3.63) is 64.2 Å². The van der Waals surface area contributed by atoms with Crippen molar-refractivity contribution >= 4 is 10.9 Å². The van der Waals surface area contributed by atoms with Crippen LogP contribution in [0.3, 0.4) is 0 Å². The van der Waals surface area contributed by atoms with E-state index in [2.05, 4.69) is 15.3 Å². The quantitative estimate of drug-likeness (QED) is 0.711. The van der Waals surface area contributed by atoms with E-state index in [1.54, 1.807) is 20.3 Å². The van der Waals surface area contributed by atoms with Crippen molar-refractivity contribution in [1.29, 1.82) is 0 Å². The summed E-state index contributed by atoms with van der Waals surface area (Å²) in [6.07, 6.45) is 0. The highest BCUT2D eigenvalue weighted by Crippen LogP contribution is 2.30. The van der Waals surface area contributed by atoms with Gasteiger partial charge in [0.05, 0.1) is 31.2 Å². The number of aromatic nitrogens is 2. The highest BCUT2D eigenvalue weighted by Gasteiger charge is 2.18. The zero-order valence-corrected chi connectivity index (χ0v) is 15.4. The number of nitrogens with one attached hydrogen (secondary N) is 2. The number of ether oxygens (including phenoxy) is 2. The van der Waals surface area contributed by atoms with Crippen molar-refractivity contribution in [2.45, 2.75) is 25.9 Å². The van der Waals surface area contributed by atoms with Gasteiger partial charge in [-0.05, 0) is 44.2 Å². The molecule has 2 aromatic carbocycles. The lowest BCUT2D eigenvalue weighted by atomic mass is 10.1. The van der Waals surface area contributed by atoms with Crippen molar-refractivity contribution in [3.63, 3.8) is 0 Å². The number of benzene rings is 2. The molecule has 0 amide bonds. The maximum atomic E-state index is 12.3. The fourth-order valence-corrected chi connectivity index (χ4v) is 3.03. The zero-order chi connectivity index (χ0) is 18.7. The maximum absolute atomic E-state index is 12.3. The van der Waals surface area contributed by atoms with Gasteiger partial charge in [0.2, 0.25) is 0 Å². The van der Waals surface area contributed by atoms with Gasteiger partial charge in [-0.15, -0.1) is 0 Å². The summed E-state index contributed by atoms with van der Waals surface area (Å²) in [5.74, 6) is 2.14. The van der Waals surface area contributed by atoms with Gasteiger partial charge in [-0.2, -0.15) is 0 Å². The summed E-state index contributed by atoms with van der Waals surface area (Å²) in [6, 6.07) is 12.8. The van der Waals surface area contributed by atoms with Crippen LogP contribution in [-0.4, -0.2) is 24.2 Å². The molecule has 0 aliphatic heterocycles. The second-order valence-corrected chi connectivity index (χ2v) is 6.19. The Morgan fingerprint density at radius 1 is 1.04 bits per heavy atom. The summed E-state index contributed by atoms with van der Waals surface area (Å²) < 4.78 is 10.8. The van der Waals surface area contributed by atoms with E-state index in [9.17, 15) is 4.79 Å². The van der Waals surface area contributed by atoms with Crippen molar-refractivity contribution in [2.24, 2.45) is 0 Å². The van der Waals surface area contributed by atoms with Gasteiger partial charge in [-0.1, -0.05) is 12.1 Å². The van der Waals surface area contributed by atoms with Crippen LogP contribution in [0.2, 0.25) is 0 Å². The minimum Gasteiger partial charge on any atom is -0.497 e. The topological polar surface area (TPSA) is 76.2 Å². The van der Waals surface area contributed by atoms with E-state index in [0.29, 0.717) is 16.7 Å². The number of hydrogen-bond acceptors (Lipinski definition) is 5. The number of para-hydroxylation sites is 1. The maximum Gasteiger partial charge on any atom is 0.258 e. The Balaban J connectivity index is 1.88. The first-order valence-electron chi connectivity index (χ1n) is 8.50. The Morgan fingerprint density at radius 2 is 1.81 bits per heavy atom. The molecule has 6 heteroatoms. The van der Waals surface area contributed by atoms with E-state index in [1.807, 2.05) is 50.2 Å². The van der Waals surface area contributed by atoms with E-state index in [0.717, 1.165) is 17.1 Å². The molecular formula is C20H23N3O3. The van der Waals surface area contributed by atoms with Crippen LogP contribution in [0.5, 0.6) is 11.5 Å². The molecule has 3 rings (SSSR count). The molecule has 2 atom stereocenters. The normalized spacial score (nSPS) is 13.4. The molecule has 3 aromatic rings. The number of aromatic amines is 1. The second-order valence-electron chi connectivity index (χ2n) is 6.19. The number of nitrogens with zero attached hydrogens (tertiary/aromatic N) is 1. The van der Waals surface area contributed by atoms with Crippen LogP contribution in [0.25, 0.3) is 10.9 Å². The van der Waals surface area contributed by atoms with Crippen LogP contribution in [0.1, 0.15) is 37.3 Å². The van der Waals surface area contributed by atoms with Crippen LogP contribution < -0.4 is 20.3 Å². The summed E-state index contributed by atoms with van der Waals surface area (Å²) in [4.78, 5) is 19.7. The van der Waals surface area contributed by atoms with Crippen LogP contribution in [-0.2, 0) is 0 Å². The highest BCUT2D eigenvalue weighted by atomic mass is 16.5. The number of fused-ring (bicyclic) bond motifs is 1. The first-order valence-corrected chi connectivity index (χ1v) is 8.50. The lowest BCUT2D eigenvalue weighted by molar-refractivity contribution is 0.386. The van der Waals surface area contributed by atoms with Crippen molar-refractivity contribution in [1.82, 2.24) is 15.3 Å². The molecule has 0 aliphatic carbocycles. The van der Waals surface area contributed by atoms with Crippen LogP contribution >= 0.6 is 0 Å². The third-order valence-corrected chi connectivity index (χ3v) is 4.44. The van der Waals surface area contributed by atoms with Crippen molar-refractivity contribution in [3.8, 4) is 11.5 Å². The van der Waals surface area contributed by atoms with Crippen LogP contribution in [0, 0.1) is 0 Å². The first-order chi connectivity index (χ1) is 12.5. The molecule has 0 saturated carbocycles. The zero-order valence-electron chi connectivity index (χ0n) is 15.4. The minimum absolute atomic E-state index is 0.0353. The van der Waals surface area contributed by atoms with Gasteiger partial charge in [0.25, 0.3) is 5.56 Å². The van der Waals surface area contributed by atoms with Crippen molar-refractivity contribution in [2.75, 3.05) is 14.2 Å². The molecule has 2 N–H and O–H groups in total. The van der Waals surface area contributed by atoms with Crippen molar-refractivity contribution < 1.29 is 9.47 Å². The fraction of sp³-hybridized carbons (Fsp3) is 0.300. The summed E-state index contributed by atoms with van der Waals surface area (Å²) in [5, 5.41) is 4.05. The van der Waals surface area contributed by atoms with E-state index in [1.165, 1.54) is 0 Å².